The molecule has 442 valence electrons. The molecule has 1 aliphatic rings. The topological polar surface area (TPSA) is 283 Å². The highest BCUT2D eigenvalue weighted by molar-refractivity contribution is 5.98. The average molecular weight is 1090 g/mol. The summed E-state index contributed by atoms with van der Waals surface area (Å²) in [5, 5.41) is 19.1. The van der Waals surface area contributed by atoms with Crippen LogP contribution in [0.3, 0.4) is 0 Å². The number of carbonyl (C=O) groups excluding carboxylic acids is 10. The smallest absolute Gasteiger partial charge is 0.329 e. The number of hydrogen-bond acceptors (Lipinski definition) is 13. The van der Waals surface area contributed by atoms with Gasteiger partial charge in [-0.25, -0.2) is 4.79 Å². The van der Waals surface area contributed by atoms with Crippen molar-refractivity contribution < 1.29 is 62.2 Å². The van der Waals surface area contributed by atoms with Gasteiger partial charge in [-0.2, -0.15) is 0 Å². The van der Waals surface area contributed by atoms with Gasteiger partial charge in [0.25, 0.3) is 0 Å². The van der Waals surface area contributed by atoms with E-state index in [4.69, 9.17) is 14.2 Å². The van der Waals surface area contributed by atoms with Crippen molar-refractivity contribution in [3.63, 3.8) is 0 Å². The molecule has 0 spiro atoms. The second-order valence-corrected chi connectivity index (χ2v) is 22.8. The van der Waals surface area contributed by atoms with Crippen molar-refractivity contribution in [2.24, 2.45) is 29.6 Å². The molecule has 0 aromatic heterocycles. The Morgan fingerprint density at radius 3 is 1.22 bits per heavy atom. The van der Waals surface area contributed by atoms with E-state index in [0.29, 0.717) is 12.8 Å². The lowest BCUT2D eigenvalue weighted by molar-refractivity contribution is -0.156. The number of methoxy groups -OCH3 is 2. The quantitative estimate of drug-likeness (QED) is 0.0277. The highest BCUT2D eigenvalue weighted by atomic mass is 16.5. The van der Waals surface area contributed by atoms with Crippen molar-refractivity contribution in [3.05, 3.63) is 0 Å². The molecule has 1 heterocycles. The summed E-state index contributed by atoms with van der Waals surface area (Å²) < 4.78 is 15.9. The predicted molar refractivity (Wildman–Crippen MR) is 294 cm³/mol. The van der Waals surface area contributed by atoms with Gasteiger partial charge in [0.2, 0.25) is 41.4 Å². The Labute approximate surface area is 460 Å². The number of amides is 7. The molecule has 1 fully saturated rings. The minimum Gasteiger partial charge on any atom is -0.469 e. The van der Waals surface area contributed by atoms with E-state index in [1.165, 1.54) is 39.2 Å². The number of hydrogen-bond donors (Lipinski definition) is 7. The van der Waals surface area contributed by atoms with Crippen LogP contribution in [-0.4, -0.2) is 122 Å². The first-order valence-electron chi connectivity index (χ1n) is 28.8. The molecule has 77 heavy (non-hydrogen) atoms. The Balaban J connectivity index is 4.01. The standard InChI is InChI=1S/C57H101N7O13/c1-14-16-17-18-19-20-21-22-23-24-25-26-40-33-47(65)58-41(27-28-48(66)75-12)51(68)59-42(29-35(3)4)52(69)60-43(30-36(5)6)53(70)61-44(31-37(7)8)54(71)63-46(34-49(67)76-13)55(72)62-45(32-38(9)10)56(73)64-50(39(11)15-2)57(74)77-40/h35-46,50H,14-34H2,1-13H3,(H,58,65)(H,59,68)(H,60,69)(H,61,70)(H,62,72)(H,63,71)(H,64,73). The molecule has 1 rings (SSSR count). The van der Waals surface area contributed by atoms with E-state index < -0.39 is 120 Å². The van der Waals surface area contributed by atoms with E-state index in [9.17, 15) is 47.9 Å². The lowest BCUT2D eigenvalue weighted by Gasteiger charge is -2.29. The van der Waals surface area contributed by atoms with Crippen LogP contribution in [0.25, 0.3) is 0 Å². The van der Waals surface area contributed by atoms with Crippen LogP contribution in [0.5, 0.6) is 0 Å². The van der Waals surface area contributed by atoms with Gasteiger partial charge in [0.05, 0.1) is 27.1 Å². The number of rotatable bonds is 27. The zero-order valence-electron chi connectivity index (χ0n) is 49.2. The second-order valence-electron chi connectivity index (χ2n) is 22.8. The molecular formula is C57H101N7O13. The molecule has 0 saturated carbocycles. The summed E-state index contributed by atoms with van der Waals surface area (Å²) in [5.74, 6) is -8.86. The van der Waals surface area contributed by atoms with Gasteiger partial charge in [-0.15, -0.1) is 0 Å². The molecule has 7 N–H and O–H groups in total. The van der Waals surface area contributed by atoms with Crippen molar-refractivity contribution >= 4 is 59.3 Å². The fourth-order valence-electron chi connectivity index (χ4n) is 9.13. The summed E-state index contributed by atoms with van der Waals surface area (Å²) in [7, 11) is 2.31. The third kappa shape index (κ3) is 29.3. The van der Waals surface area contributed by atoms with Crippen LogP contribution < -0.4 is 37.2 Å². The molecule has 1 aliphatic heterocycles. The van der Waals surface area contributed by atoms with Crippen LogP contribution >= 0.6 is 0 Å². The maximum absolute atomic E-state index is 14.4. The largest absolute Gasteiger partial charge is 0.469 e. The van der Waals surface area contributed by atoms with Gasteiger partial charge >= 0.3 is 17.9 Å². The minimum absolute atomic E-state index is 0.0723. The van der Waals surface area contributed by atoms with Crippen LogP contribution in [0.2, 0.25) is 0 Å². The summed E-state index contributed by atoms with van der Waals surface area (Å²) in [6.07, 6.45) is 10.3. The predicted octanol–water partition coefficient (Wildman–Crippen LogP) is 6.14. The van der Waals surface area contributed by atoms with E-state index in [1.54, 1.807) is 6.92 Å². The molecule has 9 atom stereocenters. The summed E-state index contributed by atoms with van der Waals surface area (Å²) in [6.45, 7) is 20.4. The number of unbranched alkanes of at least 4 members (excludes halogenated alkanes) is 10. The lowest BCUT2D eigenvalue weighted by atomic mass is 9.97. The van der Waals surface area contributed by atoms with E-state index >= 15 is 0 Å². The second kappa shape index (κ2) is 38.3. The maximum atomic E-state index is 14.4. The SMILES string of the molecule is CCCCCCCCCCCCCC1CC(=O)NC(CCC(=O)OC)C(=O)NC(CC(C)C)C(=O)NC(CC(C)C)C(=O)NC(CC(C)C)C(=O)NC(CC(=O)OC)C(=O)NC(CC(C)C)C(=O)NC(C(C)CC)C(=O)O1. The van der Waals surface area contributed by atoms with Gasteiger partial charge in [0.15, 0.2) is 0 Å². The number of carbonyl (C=O) groups is 10. The first-order valence-corrected chi connectivity index (χ1v) is 28.8. The fraction of sp³-hybridized carbons (Fsp3) is 0.825. The van der Waals surface area contributed by atoms with E-state index in [2.05, 4.69) is 44.1 Å². The highest BCUT2D eigenvalue weighted by Crippen LogP contribution is 2.20. The van der Waals surface area contributed by atoms with Gasteiger partial charge in [-0.05, 0) is 74.5 Å². The first kappa shape index (κ1) is 69.7. The summed E-state index contributed by atoms with van der Waals surface area (Å²) >= 11 is 0. The summed E-state index contributed by atoms with van der Waals surface area (Å²) in [4.78, 5) is 140. The Bertz CT molecular complexity index is 1860. The zero-order valence-corrected chi connectivity index (χ0v) is 49.2. The van der Waals surface area contributed by atoms with Crippen molar-refractivity contribution in [2.75, 3.05) is 14.2 Å². The minimum atomic E-state index is -1.58. The first-order chi connectivity index (χ1) is 36.3. The monoisotopic (exact) mass is 1090 g/mol. The molecule has 0 aliphatic carbocycles. The molecule has 0 bridgehead atoms. The van der Waals surface area contributed by atoms with Crippen LogP contribution in [-0.2, 0) is 62.2 Å². The van der Waals surface area contributed by atoms with Crippen molar-refractivity contribution in [2.45, 2.75) is 259 Å². The third-order valence-corrected chi connectivity index (χ3v) is 13.7. The van der Waals surface area contributed by atoms with Crippen LogP contribution in [0.15, 0.2) is 0 Å². The Kier molecular flexibility index (Phi) is 34.7. The average Bonchev–Trinajstić information content (AvgIpc) is 3.35. The van der Waals surface area contributed by atoms with Gasteiger partial charge in [0, 0.05) is 6.42 Å². The molecule has 7 amide bonds. The molecule has 0 aromatic carbocycles. The van der Waals surface area contributed by atoms with Gasteiger partial charge < -0.3 is 51.4 Å². The number of cyclic esters (lactones) is 1. The Morgan fingerprint density at radius 2 is 0.831 bits per heavy atom. The van der Waals surface area contributed by atoms with Crippen molar-refractivity contribution in [3.8, 4) is 0 Å². The molecule has 1 saturated heterocycles. The van der Waals surface area contributed by atoms with Crippen LogP contribution in [0.4, 0.5) is 0 Å². The van der Waals surface area contributed by atoms with E-state index in [0.717, 1.165) is 39.2 Å². The Hall–Kier alpha value is -5.30. The molecule has 9 unspecified atom stereocenters. The van der Waals surface area contributed by atoms with E-state index in [1.807, 2.05) is 62.3 Å². The lowest BCUT2D eigenvalue weighted by Crippen LogP contribution is -2.60. The van der Waals surface area contributed by atoms with Crippen LogP contribution in [0, 0.1) is 29.6 Å². The normalized spacial score (nSPS) is 23.6. The van der Waals surface area contributed by atoms with Crippen molar-refractivity contribution in [1.29, 1.82) is 0 Å². The number of nitrogens with one attached hydrogen (secondary N) is 7. The molecule has 20 heteroatoms. The van der Waals surface area contributed by atoms with Gasteiger partial charge in [-0.1, -0.05) is 147 Å². The molecule has 0 radical (unpaired) electrons. The maximum Gasteiger partial charge on any atom is 0.329 e. The molecular weight excluding hydrogens is 991 g/mol. The highest BCUT2D eigenvalue weighted by Gasteiger charge is 2.38. The number of ether oxygens (including phenoxy) is 3. The summed E-state index contributed by atoms with van der Waals surface area (Å²) in [5.41, 5.74) is 0. The van der Waals surface area contributed by atoms with Gasteiger partial charge in [-0.3, -0.25) is 43.2 Å². The third-order valence-electron chi connectivity index (χ3n) is 13.7. The Morgan fingerprint density at radius 1 is 0.468 bits per heavy atom. The van der Waals surface area contributed by atoms with Gasteiger partial charge in [0.1, 0.15) is 48.4 Å². The van der Waals surface area contributed by atoms with Crippen molar-refractivity contribution in [1.82, 2.24) is 37.2 Å². The fourth-order valence-corrected chi connectivity index (χ4v) is 9.13. The molecule has 20 nitrogen and oxygen atoms in total. The van der Waals surface area contributed by atoms with E-state index in [-0.39, 0.29) is 75.0 Å². The summed E-state index contributed by atoms with van der Waals surface area (Å²) in [6, 6.07) is -9.19. The number of esters is 3. The zero-order chi connectivity index (χ0) is 58.2. The molecule has 0 aromatic rings. The van der Waals surface area contributed by atoms with Crippen LogP contribution in [0.1, 0.15) is 211 Å².